The van der Waals surface area contributed by atoms with Crippen LogP contribution in [0.5, 0.6) is 5.75 Å². The van der Waals surface area contributed by atoms with E-state index < -0.39 is 0 Å². The summed E-state index contributed by atoms with van der Waals surface area (Å²) in [6, 6.07) is 14.9. The van der Waals surface area contributed by atoms with Gasteiger partial charge in [-0.15, -0.1) is 0 Å². The van der Waals surface area contributed by atoms with Crippen LogP contribution in [0.2, 0.25) is 0 Å². The largest absolute Gasteiger partial charge is 0.492 e. The Hall–Kier alpha value is -2.89. The van der Waals surface area contributed by atoms with Crippen LogP contribution in [0.4, 0.5) is 4.39 Å². The van der Waals surface area contributed by atoms with Gasteiger partial charge in [0.1, 0.15) is 18.2 Å². The lowest BCUT2D eigenvalue weighted by molar-refractivity contribution is -0.126. The van der Waals surface area contributed by atoms with Gasteiger partial charge in [-0.25, -0.2) is 4.39 Å². The SMILES string of the molecule is O=C(NCCOc1ccccc1)C1CCCN(C(=O)c2ccc(F)cc2)C1. The van der Waals surface area contributed by atoms with Crippen molar-refractivity contribution in [3.63, 3.8) is 0 Å². The standard InChI is InChI=1S/C21H23FN2O3/c22-18-10-8-16(9-11-18)21(26)24-13-4-5-17(15-24)20(25)23-12-14-27-19-6-2-1-3-7-19/h1-3,6-11,17H,4-5,12-15H2,(H,23,25). The molecule has 1 aliphatic rings. The van der Waals surface area contributed by atoms with Crippen LogP contribution in [-0.2, 0) is 4.79 Å². The highest BCUT2D eigenvalue weighted by molar-refractivity contribution is 5.94. The Morgan fingerprint density at radius 2 is 1.85 bits per heavy atom. The number of carbonyl (C=O) groups is 2. The maximum atomic E-state index is 13.0. The van der Waals surface area contributed by atoms with Gasteiger partial charge in [-0.05, 0) is 49.2 Å². The Kier molecular flexibility index (Phi) is 6.41. The highest BCUT2D eigenvalue weighted by Crippen LogP contribution is 2.19. The van der Waals surface area contributed by atoms with Crippen molar-refractivity contribution >= 4 is 11.8 Å². The number of nitrogens with zero attached hydrogens (tertiary/aromatic N) is 1. The van der Waals surface area contributed by atoms with E-state index in [-0.39, 0.29) is 23.5 Å². The monoisotopic (exact) mass is 370 g/mol. The zero-order valence-electron chi connectivity index (χ0n) is 15.1. The van der Waals surface area contributed by atoms with E-state index in [0.717, 1.165) is 18.6 Å². The van der Waals surface area contributed by atoms with Crippen molar-refractivity contribution in [3.8, 4) is 5.75 Å². The summed E-state index contributed by atoms with van der Waals surface area (Å²) >= 11 is 0. The minimum atomic E-state index is -0.375. The molecule has 0 spiro atoms. The van der Waals surface area contributed by atoms with Crippen LogP contribution in [0.1, 0.15) is 23.2 Å². The van der Waals surface area contributed by atoms with E-state index >= 15 is 0 Å². The fourth-order valence-corrected chi connectivity index (χ4v) is 3.15. The van der Waals surface area contributed by atoms with Crippen molar-refractivity contribution in [1.82, 2.24) is 10.2 Å². The summed E-state index contributed by atoms with van der Waals surface area (Å²) in [5.74, 6) is -0.0799. The summed E-state index contributed by atoms with van der Waals surface area (Å²) < 4.78 is 18.6. The second kappa shape index (κ2) is 9.16. The molecule has 27 heavy (non-hydrogen) atoms. The van der Waals surface area contributed by atoms with Crippen molar-refractivity contribution in [1.29, 1.82) is 0 Å². The maximum absolute atomic E-state index is 13.0. The smallest absolute Gasteiger partial charge is 0.253 e. The van der Waals surface area contributed by atoms with Crippen molar-refractivity contribution in [3.05, 3.63) is 66.0 Å². The molecule has 0 radical (unpaired) electrons. The fraction of sp³-hybridized carbons (Fsp3) is 0.333. The highest BCUT2D eigenvalue weighted by atomic mass is 19.1. The molecule has 1 unspecified atom stereocenters. The number of hydrogen-bond donors (Lipinski definition) is 1. The molecule has 1 atom stereocenters. The van der Waals surface area contributed by atoms with E-state index in [1.54, 1.807) is 4.90 Å². The molecular weight excluding hydrogens is 347 g/mol. The lowest BCUT2D eigenvalue weighted by atomic mass is 9.96. The molecule has 2 amide bonds. The van der Waals surface area contributed by atoms with Gasteiger partial charge in [0, 0.05) is 18.7 Å². The van der Waals surface area contributed by atoms with Gasteiger partial charge in [-0.1, -0.05) is 18.2 Å². The zero-order valence-corrected chi connectivity index (χ0v) is 15.1. The van der Waals surface area contributed by atoms with E-state index in [4.69, 9.17) is 4.74 Å². The number of likely N-dealkylation sites (tertiary alicyclic amines) is 1. The predicted molar refractivity (Wildman–Crippen MR) is 100.0 cm³/mol. The Morgan fingerprint density at radius 1 is 1.11 bits per heavy atom. The topological polar surface area (TPSA) is 58.6 Å². The first-order chi connectivity index (χ1) is 13.1. The summed E-state index contributed by atoms with van der Waals surface area (Å²) in [7, 11) is 0. The molecule has 142 valence electrons. The Bertz CT molecular complexity index is 765. The van der Waals surface area contributed by atoms with Gasteiger partial charge in [0.15, 0.2) is 0 Å². The summed E-state index contributed by atoms with van der Waals surface area (Å²) in [5, 5.41) is 2.88. The fourth-order valence-electron chi connectivity index (χ4n) is 3.15. The third-order valence-corrected chi connectivity index (χ3v) is 4.58. The first-order valence-electron chi connectivity index (χ1n) is 9.14. The van der Waals surface area contributed by atoms with E-state index in [0.29, 0.717) is 31.8 Å². The molecule has 1 heterocycles. The van der Waals surface area contributed by atoms with Gasteiger partial charge in [0.05, 0.1) is 12.5 Å². The molecule has 2 aromatic rings. The van der Waals surface area contributed by atoms with Crippen molar-refractivity contribution in [2.24, 2.45) is 5.92 Å². The molecule has 1 N–H and O–H groups in total. The summed E-state index contributed by atoms with van der Waals surface area (Å²) in [6.45, 7) is 1.79. The molecule has 3 rings (SSSR count). The number of nitrogens with one attached hydrogen (secondary N) is 1. The molecule has 2 aromatic carbocycles. The van der Waals surface area contributed by atoms with Crippen molar-refractivity contribution in [2.45, 2.75) is 12.8 Å². The lowest BCUT2D eigenvalue weighted by Crippen LogP contribution is -2.46. The normalized spacial score (nSPS) is 16.6. The van der Waals surface area contributed by atoms with Gasteiger partial charge >= 0.3 is 0 Å². The average Bonchev–Trinajstić information content (AvgIpc) is 2.72. The van der Waals surface area contributed by atoms with Crippen LogP contribution >= 0.6 is 0 Å². The number of carbonyl (C=O) groups excluding carboxylic acids is 2. The summed E-state index contributed by atoms with van der Waals surface area (Å²) in [6.07, 6.45) is 1.52. The molecule has 1 fully saturated rings. The molecule has 0 aromatic heterocycles. The highest BCUT2D eigenvalue weighted by Gasteiger charge is 2.28. The van der Waals surface area contributed by atoms with Gasteiger partial charge in [0.2, 0.25) is 5.91 Å². The van der Waals surface area contributed by atoms with E-state index in [1.807, 2.05) is 30.3 Å². The molecule has 6 heteroatoms. The van der Waals surface area contributed by atoms with Gasteiger partial charge in [-0.2, -0.15) is 0 Å². The van der Waals surface area contributed by atoms with Crippen LogP contribution < -0.4 is 10.1 Å². The summed E-state index contributed by atoms with van der Waals surface area (Å²) in [5.41, 5.74) is 0.439. The minimum Gasteiger partial charge on any atom is -0.492 e. The number of piperidine rings is 1. The molecule has 1 aliphatic heterocycles. The third kappa shape index (κ3) is 5.29. The molecule has 0 saturated carbocycles. The first kappa shape index (κ1) is 18.9. The van der Waals surface area contributed by atoms with Crippen LogP contribution in [0.25, 0.3) is 0 Å². The van der Waals surface area contributed by atoms with Crippen molar-refractivity contribution < 1.29 is 18.7 Å². The number of hydrogen-bond acceptors (Lipinski definition) is 3. The second-order valence-electron chi connectivity index (χ2n) is 6.55. The van der Waals surface area contributed by atoms with Gasteiger partial charge < -0.3 is 15.0 Å². The number of para-hydroxylation sites is 1. The number of halogens is 1. The molecule has 1 saturated heterocycles. The van der Waals surface area contributed by atoms with Crippen LogP contribution in [0, 0.1) is 11.7 Å². The Morgan fingerprint density at radius 3 is 2.59 bits per heavy atom. The van der Waals surface area contributed by atoms with Crippen LogP contribution in [-0.4, -0.2) is 43.0 Å². The summed E-state index contributed by atoms with van der Waals surface area (Å²) in [4.78, 5) is 26.6. The molecule has 5 nitrogen and oxygen atoms in total. The van der Waals surface area contributed by atoms with Crippen molar-refractivity contribution in [2.75, 3.05) is 26.2 Å². The van der Waals surface area contributed by atoms with Crippen LogP contribution in [0.15, 0.2) is 54.6 Å². The molecular formula is C21H23FN2O3. The van der Waals surface area contributed by atoms with E-state index in [2.05, 4.69) is 5.32 Å². The Balaban J connectivity index is 1.46. The quantitative estimate of drug-likeness (QED) is 0.796. The molecule has 0 bridgehead atoms. The lowest BCUT2D eigenvalue weighted by Gasteiger charge is -2.32. The van der Waals surface area contributed by atoms with Gasteiger partial charge in [0.25, 0.3) is 5.91 Å². The van der Waals surface area contributed by atoms with Crippen LogP contribution in [0.3, 0.4) is 0 Å². The van der Waals surface area contributed by atoms with E-state index in [9.17, 15) is 14.0 Å². The number of amides is 2. The average molecular weight is 370 g/mol. The third-order valence-electron chi connectivity index (χ3n) is 4.58. The van der Waals surface area contributed by atoms with E-state index in [1.165, 1.54) is 24.3 Å². The number of benzene rings is 2. The minimum absolute atomic E-state index is 0.0664. The molecule has 0 aliphatic carbocycles. The zero-order chi connectivity index (χ0) is 19.1. The number of ether oxygens (including phenoxy) is 1. The predicted octanol–water partition coefficient (Wildman–Crippen LogP) is 2.87. The second-order valence-corrected chi connectivity index (χ2v) is 6.55. The Labute approximate surface area is 158 Å². The maximum Gasteiger partial charge on any atom is 0.253 e. The first-order valence-corrected chi connectivity index (χ1v) is 9.14. The number of rotatable bonds is 6. The van der Waals surface area contributed by atoms with Gasteiger partial charge in [-0.3, -0.25) is 9.59 Å².